The number of hydrogen-bond donors (Lipinski definition) is 3. The van der Waals surface area contributed by atoms with Gasteiger partial charge in [-0.15, -0.1) is 22.9 Å². The maximum atomic E-state index is 9.67. The van der Waals surface area contributed by atoms with E-state index >= 15 is 0 Å². The molecule has 0 spiro atoms. The van der Waals surface area contributed by atoms with Crippen LogP contribution in [0, 0.1) is 16.7 Å². The number of alkyl halides is 1. The predicted molar refractivity (Wildman–Crippen MR) is 142 cm³/mol. The normalized spacial score (nSPS) is 31.4. The van der Waals surface area contributed by atoms with Gasteiger partial charge in [-0.05, 0) is 57.6 Å². The molecule has 2 aliphatic heterocycles. The number of nitrogens with one attached hydrogen (secondary N) is 3. The SMILES string of the molecule is CO[C@H]1[C@H](C)N1NC1(Cl)CCC(Nc2cc(-c3csc(NCC4(C#N)CCOCC4)n3)ccn2)CC1. The standard InChI is InChI=1S/C25H34ClN7O2S/c1-17-22(34-2)33(17)32-25(26)6-3-19(4-7-25)30-21-13-18(5-10-28-21)20-14-36-23(31-20)29-16-24(15-27)8-11-35-12-9-24/h5,10,13-14,17,19,22,32H,3-4,6-9,11-12,16H2,1-2H3,(H,28,30)(H,29,31)/t17-,19?,22-,25?,33?/m0/s1. The third-order valence-electron chi connectivity index (χ3n) is 7.56. The first-order valence-electron chi connectivity index (χ1n) is 12.6. The zero-order valence-corrected chi connectivity index (χ0v) is 22.4. The first-order chi connectivity index (χ1) is 17.4. The van der Waals surface area contributed by atoms with Crippen molar-refractivity contribution in [2.45, 2.75) is 68.8 Å². The minimum Gasteiger partial charge on any atom is -0.381 e. The van der Waals surface area contributed by atoms with Gasteiger partial charge in [0.2, 0.25) is 0 Å². The van der Waals surface area contributed by atoms with Crippen molar-refractivity contribution in [3.63, 3.8) is 0 Å². The third-order valence-corrected chi connectivity index (χ3v) is 8.82. The highest BCUT2D eigenvalue weighted by Crippen LogP contribution is 2.37. The Morgan fingerprint density at radius 1 is 1.31 bits per heavy atom. The summed E-state index contributed by atoms with van der Waals surface area (Å²) in [7, 11) is 1.73. The summed E-state index contributed by atoms with van der Waals surface area (Å²) in [5, 5.41) is 21.6. The Morgan fingerprint density at radius 2 is 2.08 bits per heavy atom. The lowest BCUT2D eigenvalue weighted by molar-refractivity contribution is 0.0456. The molecule has 2 saturated heterocycles. The Labute approximate surface area is 221 Å². The van der Waals surface area contributed by atoms with Gasteiger partial charge in [0.15, 0.2) is 5.13 Å². The highest BCUT2D eigenvalue weighted by atomic mass is 35.5. The van der Waals surface area contributed by atoms with E-state index in [2.05, 4.69) is 45.1 Å². The lowest BCUT2D eigenvalue weighted by Crippen LogP contribution is -2.48. The average Bonchev–Trinajstić information content (AvgIpc) is 3.27. The summed E-state index contributed by atoms with van der Waals surface area (Å²) in [4.78, 5) is 8.87. The second-order valence-electron chi connectivity index (χ2n) is 10.1. The summed E-state index contributed by atoms with van der Waals surface area (Å²) >= 11 is 8.43. The summed E-state index contributed by atoms with van der Waals surface area (Å²) < 4.78 is 10.9. The van der Waals surface area contributed by atoms with Gasteiger partial charge in [0, 0.05) is 50.1 Å². The van der Waals surface area contributed by atoms with Crippen LogP contribution in [0.4, 0.5) is 10.9 Å². The molecule has 2 aromatic rings. The van der Waals surface area contributed by atoms with E-state index in [0.29, 0.717) is 31.8 Å². The molecule has 1 aliphatic carbocycles. The van der Waals surface area contributed by atoms with Gasteiger partial charge in [0.25, 0.3) is 0 Å². The molecule has 11 heteroatoms. The van der Waals surface area contributed by atoms with Crippen LogP contribution in [0.25, 0.3) is 11.3 Å². The number of hydrazine groups is 1. The second-order valence-corrected chi connectivity index (χ2v) is 11.7. The lowest BCUT2D eigenvalue weighted by atomic mass is 9.82. The molecule has 0 aromatic carbocycles. The van der Waals surface area contributed by atoms with E-state index in [0.717, 1.165) is 60.7 Å². The molecule has 3 fully saturated rings. The molecule has 3 N–H and O–H groups in total. The Morgan fingerprint density at radius 3 is 2.78 bits per heavy atom. The molecule has 0 radical (unpaired) electrons. The fourth-order valence-electron chi connectivity index (χ4n) is 5.06. The lowest BCUT2D eigenvalue weighted by Gasteiger charge is -2.37. The van der Waals surface area contributed by atoms with Crippen LogP contribution >= 0.6 is 22.9 Å². The number of anilines is 2. The molecule has 1 unspecified atom stereocenters. The van der Waals surface area contributed by atoms with Crippen molar-refractivity contribution in [1.82, 2.24) is 20.4 Å². The number of halogens is 1. The molecule has 2 aromatic heterocycles. The van der Waals surface area contributed by atoms with E-state index in [9.17, 15) is 5.26 Å². The second kappa shape index (κ2) is 10.8. The van der Waals surface area contributed by atoms with Crippen molar-refractivity contribution in [3.05, 3.63) is 23.7 Å². The summed E-state index contributed by atoms with van der Waals surface area (Å²) in [6, 6.07) is 7.19. The molecule has 0 bridgehead atoms. The Kier molecular flexibility index (Phi) is 7.67. The smallest absolute Gasteiger partial charge is 0.183 e. The molecule has 1 saturated carbocycles. The zero-order chi connectivity index (χ0) is 25.2. The van der Waals surface area contributed by atoms with Gasteiger partial charge in [-0.25, -0.2) is 20.4 Å². The van der Waals surface area contributed by atoms with Crippen molar-refractivity contribution in [1.29, 1.82) is 5.26 Å². The number of hydrogen-bond acceptors (Lipinski definition) is 10. The molecule has 194 valence electrons. The number of rotatable bonds is 9. The molecule has 0 amide bonds. The van der Waals surface area contributed by atoms with Crippen LogP contribution in [0.3, 0.4) is 0 Å². The minimum atomic E-state index is -0.423. The maximum Gasteiger partial charge on any atom is 0.183 e. The highest BCUT2D eigenvalue weighted by molar-refractivity contribution is 7.14. The minimum absolute atomic E-state index is 0.110. The molecule has 3 atom stereocenters. The number of pyridine rings is 1. The van der Waals surface area contributed by atoms with Gasteiger partial charge in [-0.2, -0.15) is 5.26 Å². The van der Waals surface area contributed by atoms with Gasteiger partial charge in [0.1, 0.15) is 17.0 Å². The topological polar surface area (TPSA) is 107 Å². The quantitative estimate of drug-likeness (QED) is 0.246. The first-order valence-corrected chi connectivity index (χ1v) is 13.9. The molecule has 4 heterocycles. The molecular formula is C25H34ClN7O2S. The number of thiazole rings is 1. The molecule has 3 aliphatic rings. The summed E-state index contributed by atoms with van der Waals surface area (Å²) in [5.41, 5.74) is 5.01. The van der Waals surface area contributed by atoms with Gasteiger partial charge >= 0.3 is 0 Å². The summed E-state index contributed by atoms with van der Waals surface area (Å²) in [6.07, 6.45) is 7.07. The highest BCUT2D eigenvalue weighted by Gasteiger charge is 2.49. The van der Waals surface area contributed by atoms with E-state index in [4.69, 9.17) is 26.1 Å². The average molecular weight is 532 g/mol. The summed E-state index contributed by atoms with van der Waals surface area (Å²) in [5.74, 6) is 0.847. The molecular weight excluding hydrogens is 498 g/mol. The van der Waals surface area contributed by atoms with Crippen LogP contribution in [-0.4, -0.2) is 65.2 Å². The Balaban J connectivity index is 1.14. The van der Waals surface area contributed by atoms with Crippen LogP contribution in [0.2, 0.25) is 0 Å². The third kappa shape index (κ3) is 5.77. The largest absolute Gasteiger partial charge is 0.381 e. The number of nitrogens with zero attached hydrogens (tertiary/aromatic N) is 4. The number of ether oxygens (including phenoxy) is 2. The van der Waals surface area contributed by atoms with Crippen LogP contribution in [0.5, 0.6) is 0 Å². The van der Waals surface area contributed by atoms with E-state index in [1.807, 2.05) is 17.6 Å². The van der Waals surface area contributed by atoms with Crippen molar-refractivity contribution < 1.29 is 9.47 Å². The first kappa shape index (κ1) is 25.6. The van der Waals surface area contributed by atoms with E-state index < -0.39 is 5.00 Å². The van der Waals surface area contributed by atoms with Gasteiger partial charge < -0.3 is 20.1 Å². The molecule has 36 heavy (non-hydrogen) atoms. The van der Waals surface area contributed by atoms with Crippen molar-refractivity contribution >= 4 is 33.9 Å². The van der Waals surface area contributed by atoms with Gasteiger partial charge in [0.05, 0.1) is 23.2 Å². The van der Waals surface area contributed by atoms with Gasteiger partial charge in [-0.1, -0.05) is 0 Å². The number of aromatic nitrogens is 2. The van der Waals surface area contributed by atoms with Crippen molar-refractivity contribution in [2.24, 2.45) is 5.41 Å². The van der Waals surface area contributed by atoms with Gasteiger partial charge in [-0.3, -0.25) is 0 Å². The monoisotopic (exact) mass is 531 g/mol. The Bertz CT molecular complexity index is 1080. The Hall–Kier alpha value is -2.00. The van der Waals surface area contributed by atoms with E-state index in [1.165, 1.54) is 0 Å². The molecule has 9 nitrogen and oxygen atoms in total. The van der Waals surface area contributed by atoms with Crippen LogP contribution in [0.1, 0.15) is 45.4 Å². The van der Waals surface area contributed by atoms with Crippen molar-refractivity contribution in [2.75, 3.05) is 37.5 Å². The number of methoxy groups -OCH3 is 1. The zero-order valence-electron chi connectivity index (χ0n) is 20.8. The van der Waals surface area contributed by atoms with E-state index in [-0.39, 0.29) is 11.6 Å². The van der Waals surface area contributed by atoms with Crippen LogP contribution in [0.15, 0.2) is 23.7 Å². The maximum absolute atomic E-state index is 9.67. The molecule has 5 rings (SSSR count). The van der Waals surface area contributed by atoms with Crippen LogP contribution in [-0.2, 0) is 9.47 Å². The fourth-order valence-corrected chi connectivity index (χ4v) is 6.09. The number of nitriles is 1. The summed E-state index contributed by atoms with van der Waals surface area (Å²) in [6.45, 7) is 3.99. The van der Waals surface area contributed by atoms with E-state index in [1.54, 1.807) is 18.4 Å². The fraction of sp³-hybridized carbons (Fsp3) is 0.640. The van der Waals surface area contributed by atoms with Crippen LogP contribution < -0.4 is 16.1 Å². The predicted octanol–water partition coefficient (Wildman–Crippen LogP) is 4.41. The van der Waals surface area contributed by atoms with Crippen molar-refractivity contribution in [3.8, 4) is 17.3 Å².